The third kappa shape index (κ3) is 3.60. The van der Waals surface area contributed by atoms with E-state index >= 15 is 0 Å². The molecule has 0 saturated carbocycles. The van der Waals surface area contributed by atoms with Crippen molar-refractivity contribution in [1.82, 2.24) is 24.3 Å². The summed E-state index contributed by atoms with van der Waals surface area (Å²) in [4.78, 5) is 8.67. The van der Waals surface area contributed by atoms with E-state index in [0.29, 0.717) is 23.2 Å². The quantitative estimate of drug-likeness (QED) is 0.676. The van der Waals surface area contributed by atoms with Gasteiger partial charge in [0.05, 0.1) is 23.4 Å². The Kier molecular flexibility index (Phi) is 4.79. The molecule has 3 aromatic rings. The number of benzene rings is 1. The lowest BCUT2D eigenvalue weighted by Gasteiger charge is -2.09. The van der Waals surface area contributed by atoms with Gasteiger partial charge in [-0.25, -0.2) is 13.1 Å². The number of fused-ring (bicyclic) bond motifs is 1. The zero-order valence-corrected chi connectivity index (χ0v) is 15.7. The van der Waals surface area contributed by atoms with Crippen LogP contribution >= 0.6 is 0 Å². The standard InChI is InChI=1S/C16H20N6O3S/c1-10(2)25-15-9-18-8-14-20-16(21-22(14)15)19-13-6-5-12(7-11(13)3)26(23,24)17-4/h5-10,17H,1-4H3,(H,19,21). The van der Waals surface area contributed by atoms with Crippen molar-refractivity contribution in [3.63, 3.8) is 0 Å². The van der Waals surface area contributed by atoms with Crippen LogP contribution in [-0.4, -0.2) is 41.2 Å². The van der Waals surface area contributed by atoms with Gasteiger partial charge in [-0.2, -0.15) is 9.50 Å². The Hall–Kier alpha value is -2.72. The number of hydrogen-bond acceptors (Lipinski definition) is 7. The van der Waals surface area contributed by atoms with Crippen molar-refractivity contribution in [2.24, 2.45) is 0 Å². The number of sulfonamides is 1. The SMILES string of the molecule is CNS(=O)(=O)c1ccc(Nc2nc3cncc(OC(C)C)n3n2)c(C)c1. The molecule has 2 heterocycles. The lowest BCUT2D eigenvalue weighted by atomic mass is 10.2. The number of aryl methyl sites for hydroxylation is 1. The first-order valence-electron chi connectivity index (χ1n) is 7.99. The summed E-state index contributed by atoms with van der Waals surface area (Å²) in [6.07, 6.45) is 3.14. The summed E-state index contributed by atoms with van der Waals surface area (Å²) in [5.41, 5.74) is 1.99. The van der Waals surface area contributed by atoms with E-state index in [-0.39, 0.29) is 11.0 Å². The minimum Gasteiger partial charge on any atom is -0.474 e. The molecular formula is C16H20N6O3S. The van der Waals surface area contributed by atoms with Gasteiger partial charge in [-0.3, -0.25) is 4.98 Å². The predicted molar refractivity (Wildman–Crippen MR) is 97.3 cm³/mol. The highest BCUT2D eigenvalue weighted by molar-refractivity contribution is 7.89. The molecule has 0 saturated heterocycles. The van der Waals surface area contributed by atoms with Crippen molar-refractivity contribution < 1.29 is 13.2 Å². The fourth-order valence-electron chi connectivity index (χ4n) is 2.35. The van der Waals surface area contributed by atoms with E-state index in [2.05, 4.69) is 25.1 Å². The molecule has 0 spiro atoms. The molecule has 0 fully saturated rings. The summed E-state index contributed by atoms with van der Waals surface area (Å²) in [6, 6.07) is 4.78. The Labute approximate surface area is 151 Å². The molecule has 2 N–H and O–H groups in total. The average molecular weight is 376 g/mol. The Morgan fingerprint density at radius 3 is 2.65 bits per heavy atom. The number of rotatable bonds is 6. The van der Waals surface area contributed by atoms with E-state index in [4.69, 9.17) is 4.74 Å². The van der Waals surface area contributed by atoms with Gasteiger partial charge in [-0.05, 0) is 51.6 Å². The second-order valence-electron chi connectivity index (χ2n) is 5.93. The van der Waals surface area contributed by atoms with E-state index in [1.165, 1.54) is 13.1 Å². The van der Waals surface area contributed by atoms with Gasteiger partial charge in [-0.15, -0.1) is 5.10 Å². The average Bonchev–Trinajstić information content (AvgIpc) is 3.00. The first-order valence-corrected chi connectivity index (χ1v) is 9.47. The van der Waals surface area contributed by atoms with Crippen molar-refractivity contribution in [1.29, 1.82) is 0 Å². The Balaban J connectivity index is 1.92. The van der Waals surface area contributed by atoms with Gasteiger partial charge in [0.15, 0.2) is 5.65 Å². The van der Waals surface area contributed by atoms with E-state index in [0.717, 1.165) is 5.56 Å². The highest BCUT2D eigenvalue weighted by atomic mass is 32.2. The number of nitrogens with zero attached hydrogens (tertiary/aromatic N) is 4. The van der Waals surface area contributed by atoms with Crippen LogP contribution in [0.3, 0.4) is 0 Å². The molecule has 0 aliphatic rings. The molecule has 0 atom stereocenters. The minimum absolute atomic E-state index is 0.0214. The number of aromatic nitrogens is 4. The van der Waals surface area contributed by atoms with Crippen molar-refractivity contribution in [2.75, 3.05) is 12.4 Å². The summed E-state index contributed by atoms with van der Waals surface area (Å²) < 4.78 is 33.3. The molecule has 0 radical (unpaired) electrons. The smallest absolute Gasteiger partial charge is 0.247 e. The van der Waals surface area contributed by atoms with E-state index in [9.17, 15) is 8.42 Å². The molecule has 138 valence electrons. The second kappa shape index (κ2) is 6.89. The molecule has 0 bridgehead atoms. The third-order valence-electron chi connectivity index (χ3n) is 3.60. The number of ether oxygens (including phenoxy) is 1. The van der Waals surface area contributed by atoms with Gasteiger partial charge >= 0.3 is 0 Å². The van der Waals surface area contributed by atoms with Gasteiger partial charge in [0.2, 0.25) is 21.9 Å². The van der Waals surface area contributed by atoms with Crippen molar-refractivity contribution in [3.05, 3.63) is 36.2 Å². The van der Waals surface area contributed by atoms with E-state index in [1.54, 1.807) is 29.0 Å². The molecule has 10 heteroatoms. The molecule has 3 rings (SSSR count). The van der Waals surface area contributed by atoms with Gasteiger partial charge < -0.3 is 10.1 Å². The van der Waals surface area contributed by atoms with Crippen LogP contribution in [0.4, 0.5) is 11.6 Å². The highest BCUT2D eigenvalue weighted by Gasteiger charge is 2.14. The fourth-order valence-corrected chi connectivity index (χ4v) is 3.16. The molecule has 0 unspecified atom stereocenters. The summed E-state index contributed by atoms with van der Waals surface area (Å²) in [5, 5.41) is 7.49. The topological polar surface area (TPSA) is 111 Å². The zero-order chi connectivity index (χ0) is 18.9. The Morgan fingerprint density at radius 1 is 1.23 bits per heavy atom. The van der Waals surface area contributed by atoms with Crippen LogP contribution in [0, 0.1) is 6.92 Å². The second-order valence-corrected chi connectivity index (χ2v) is 7.81. The molecule has 26 heavy (non-hydrogen) atoms. The molecule has 0 aliphatic heterocycles. The number of hydrogen-bond donors (Lipinski definition) is 2. The maximum absolute atomic E-state index is 11.9. The first-order chi connectivity index (χ1) is 12.3. The first kappa shape index (κ1) is 18.1. The van der Waals surface area contributed by atoms with E-state index < -0.39 is 10.0 Å². The van der Waals surface area contributed by atoms with Crippen LogP contribution in [0.2, 0.25) is 0 Å². The van der Waals surface area contributed by atoms with Crippen LogP contribution in [0.1, 0.15) is 19.4 Å². The summed E-state index contributed by atoms with van der Waals surface area (Å²) >= 11 is 0. The molecule has 0 aliphatic carbocycles. The number of anilines is 2. The lowest BCUT2D eigenvalue weighted by Crippen LogP contribution is -2.18. The largest absolute Gasteiger partial charge is 0.474 e. The third-order valence-corrected chi connectivity index (χ3v) is 5.01. The maximum Gasteiger partial charge on any atom is 0.247 e. The monoisotopic (exact) mass is 376 g/mol. The van der Waals surface area contributed by atoms with Gasteiger partial charge in [0.25, 0.3) is 0 Å². The van der Waals surface area contributed by atoms with Crippen molar-refractivity contribution in [2.45, 2.75) is 31.8 Å². The van der Waals surface area contributed by atoms with Gasteiger partial charge in [0, 0.05) is 5.69 Å². The molecule has 2 aromatic heterocycles. The minimum atomic E-state index is -3.49. The summed E-state index contributed by atoms with van der Waals surface area (Å²) in [6.45, 7) is 5.64. The zero-order valence-electron chi connectivity index (χ0n) is 14.9. The Morgan fingerprint density at radius 2 is 2.00 bits per heavy atom. The molecule has 0 amide bonds. The lowest BCUT2D eigenvalue weighted by molar-refractivity contribution is 0.226. The van der Waals surface area contributed by atoms with Gasteiger partial charge in [-0.1, -0.05) is 0 Å². The van der Waals surface area contributed by atoms with Crippen LogP contribution in [0.5, 0.6) is 5.88 Å². The Bertz CT molecular complexity index is 1050. The summed E-state index contributed by atoms with van der Waals surface area (Å²) in [5.74, 6) is 0.851. The normalized spacial score (nSPS) is 11.9. The van der Waals surface area contributed by atoms with Crippen molar-refractivity contribution in [3.8, 4) is 5.88 Å². The maximum atomic E-state index is 11.9. The molecule has 9 nitrogen and oxygen atoms in total. The van der Waals surface area contributed by atoms with Crippen LogP contribution in [-0.2, 0) is 10.0 Å². The molecular weight excluding hydrogens is 356 g/mol. The summed E-state index contributed by atoms with van der Waals surface area (Å²) in [7, 11) is -2.11. The van der Waals surface area contributed by atoms with Crippen molar-refractivity contribution >= 4 is 27.3 Å². The number of nitrogens with one attached hydrogen (secondary N) is 2. The highest BCUT2D eigenvalue weighted by Crippen LogP contribution is 2.23. The predicted octanol–water partition coefficient (Wildman–Crippen LogP) is 1.87. The van der Waals surface area contributed by atoms with Crippen LogP contribution in [0.15, 0.2) is 35.5 Å². The van der Waals surface area contributed by atoms with Crippen LogP contribution < -0.4 is 14.8 Å². The fraction of sp³-hybridized carbons (Fsp3) is 0.312. The van der Waals surface area contributed by atoms with Crippen LogP contribution in [0.25, 0.3) is 5.65 Å². The van der Waals surface area contributed by atoms with E-state index in [1.807, 2.05) is 20.8 Å². The molecule has 1 aromatic carbocycles. The van der Waals surface area contributed by atoms with Gasteiger partial charge in [0.1, 0.15) is 0 Å².